The van der Waals surface area contributed by atoms with E-state index in [1.165, 1.54) is 23.7 Å². The Balaban J connectivity index is 2.64. The van der Waals surface area contributed by atoms with Crippen LogP contribution in [-0.2, 0) is 0 Å². The smallest absolute Gasteiger partial charge is 0.0868 e. The summed E-state index contributed by atoms with van der Waals surface area (Å²) >= 11 is 5.81. The SMILES string of the molecule is CCC[Si](CCCl)c1ccccc1. The number of halogens is 1. The molecule has 0 unspecified atom stereocenters. The minimum absolute atomic E-state index is 0.356. The summed E-state index contributed by atoms with van der Waals surface area (Å²) in [5.41, 5.74) is 0. The second-order valence-electron chi connectivity index (χ2n) is 3.16. The van der Waals surface area contributed by atoms with Crippen molar-refractivity contribution < 1.29 is 0 Å². The molecule has 1 aromatic carbocycles. The van der Waals surface area contributed by atoms with Crippen molar-refractivity contribution in [2.24, 2.45) is 0 Å². The quantitative estimate of drug-likeness (QED) is 0.519. The molecule has 0 N–H and O–H groups in total. The summed E-state index contributed by atoms with van der Waals surface area (Å²) in [5.74, 6) is 0.809. The molecule has 0 aliphatic heterocycles. The molecule has 0 aliphatic rings. The first-order chi connectivity index (χ1) is 6.38. The van der Waals surface area contributed by atoms with E-state index in [2.05, 4.69) is 37.3 Å². The van der Waals surface area contributed by atoms with Crippen LogP contribution in [0.3, 0.4) is 0 Å². The normalized spacial score (nSPS) is 10.7. The molecule has 0 spiro atoms. The molecule has 2 heteroatoms. The third-order valence-corrected chi connectivity index (χ3v) is 5.74. The first-order valence-electron chi connectivity index (χ1n) is 4.84. The highest BCUT2D eigenvalue weighted by Crippen LogP contribution is 2.05. The second kappa shape index (κ2) is 6.22. The summed E-state index contributed by atoms with van der Waals surface area (Å²) in [5, 5.41) is 1.54. The van der Waals surface area contributed by atoms with Crippen LogP contribution in [-0.4, -0.2) is 14.7 Å². The van der Waals surface area contributed by atoms with Gasteiger partial charge in [-0.05, 0) is 6.04 Å². The van der Waals surface area contributed by atoms with E-state index in [-0.39, 0.29) is 8.80 Å². The number of rotatable bonds is 5. The number of hydrogen-bond donors (Lipinski definition) is 0. The van der Waals surface area contributed by atoms with Gasteiger partial charge in [0.1, 0.15) is 0 Å². The largest absolute Gasteiger partial charge is 0.127 e. The molecule has 0 bridgehead atoms. The highest BCUT2D eigenvalue weighted by atomic mass is 35.5. The Labute approximate surface area is 87.5 Å². The Morgan fingerprint density at radius 2 is 1.85 bits per heavy atom. The lowest BCUT2D eigenvalue weighted by molar-refractivity contribution is 1.06. The Kier molecular flexibility index (Phi) is 5.17. The summed E-state index contributed by atoms with van der Waals surface area (Å²) in [7, 11) is -0.356. The average Bonchev–Trinajstić information content (AvgIpc) is 2.19. The van der Waals surface area contributed by atoms with Crippen LogP contribution in [0.5, 0.6) is 0 Å². The molecule has 0 fully saturated rings. The van der Waals surface area contributed by atoms with Crippen molar-refractivity contribution in [3.63, 3.8) is 0 Å². The fourth-order valence-electron chi connectivity index (χ4n) is 1.50. The van der Waals surface area contributed by atoms with Gasteiger partial charge in [0.2, 0.25) is 0 Å². The summed E-state index contributed by atoms with van der Waals surface area (Å²) in [6.07, 6.45) is 1.28. The van der Waals surface area contributed by atoms with E-state index in [9.17, 15) is 0 Å². The Morgan fingerprint density at radius 3 is 2.38 bits per heavy atom. The molecule has 0 aliphatic carbocycles. The van der Waals surface area contributed by atoms with Crippen LogP contribution in [0.15, 0.2) is 30.3 Å². The fourth-order valence-corrected chi connectivity index (χ4v) is 4.51. The van der Waals surface area contributed by atoms with E-state index in [1.807, 2.05) is 0 Å². The second-order valence-corrected chi connectivity index (χ2v) is 6.32. The van der Waals surface area contributed by atoms with Crippen molar-refractivity contribution in [3.8, 4) is 0 Å². The van der Waals surface area contributed by atoms with Crippen molar-refractivity contribution in [2.45, 2.75) is 25.4 Å². The molecule has 0 heterocycles. The van der Waals surface area contributed by atoms with Crippen LogP contribution >= 0.6 is 11.6 Å². The lowest BCUT2D eigenvalue weighted by Gasteiger charge is -2.12. The van der Waals surface area contributed by atoms with E-state index >= 15 is 0 Å². The van der Waals surface area contributed by atoms with Gasteiger partial charge in [0.25, 0.3) is 0 Å². The minimum Gasteiger partial charge on any atom is -0.127 e. The van der Waals surface area contributed by atoms with E-state index < -0.39 is 0 Å². The molecule has 1 aromatic rings. The van der Waals surface area contributed by atoms with Crippen molar-refractivity contribution >= 4 is 25.6 Å². The first-order valence-corrected chi connectivity index (χ1v) is 7.29. The molecule has 0 saturated carbocycles. The molecule has 71 valence electrons. The lowest BCUT2D eigenvalue weighted by atomic mass is 10.4. The molecule has 0 atom stereocenters. The Morgan fingerprint density at radius 1 is 1.15 bits per heavy atom. The van der Waals surface area contributed by atoms with Crippen LogP contribution in [0.2, 0.25) is 12.1 Å². The minimum atomic E-state index is -0.356. The van der Waals surface area contributed by atoms with Gasteiger partial charge in [-0.1, -0.05) is 54.9 Å². The molecule has 13 heavy (non-hydrogen) atoms. The molecule has 1 radical (unpaired) electrons. The summed E-state index contributed by atoms with van der Waals surface area (Å²) in [6.45, 7) is 2.25. The highest BCUT2D eigenvalue weighted by molar-refractivity contribution is 6.73. The van der Waals surface area contributed by atoms with E-state index in [1.54, 1.807) is 0 Å². The van der Waals surface area contributed by atoms with Crippen molar-refractivity contribution in [2.75, 3.05) is 5.88 Å². The lowest BCUT2D eigenvalue weighted by Crippen LogP contribution is -2.29. The zero-order chi connectivity index (χ0) is 9.52. The fraction of sp³-hybridized carbons (Fsp3) is 0.455. The predicted molar refractivity (Wildman–Crippen MR) is 62.5 cm³/mol. The van der Waals surface area contributed by atoms with Crippen LogP contribution in [0.4, 0.5) is 0 Å². The maximum atomic E-state index is 5.81. The maximum absolute atomic E-state index is 5.81. The standard InChI is InChI=1S/C11H16ClSi/c1-2-9-13(10-8-12)11-6-4-3-5-7-11/h3-7H,2,8-10H2,1H3. The van der Waals surface area contributed by atoms with Gasteiger partial charge >= 0.3 is 0 Å². The number of alkyl halides is 1. The zero-order valence-electron chi connectivity index (χ0n) is 8.09. The topological polar surface area (TPSA) is 0 Å². The third kappa shape index (κ3) is 3.53. The Bertz CT molecular complexity index is 217. The summed E-state index contributed by atoms with van der Waals surface area (Å²) in [4.78, 5) is 0. The van der Waals surface area contributed by atoms with Crippen LogP contribution in [0, 0.1) is 0 Å². The summed E-state index contributed by atoms with van der Waals surface area (Å²) in [6, 6.07) is 13.4. The zero-order valence-corrected chi connectivity index (χ0v) is 9.85. The van der Waals surface area contributed by atoms with Gasteiger partial charge in [-0.15, -0.1) is 11.6 Å². The van der Waals surface area contributed by atoms with Gasteiger partial charge in [-0.3, -0.25) is 0 Å². The van der Waals surface area contributed by atoms with E-state index in [0.717, 1.165) is 5.88 Å². The average molecular weight is 212 g/mol. The Hall–Kier alpha value is -0.273. The first kappa shape index (κ1) is 10.8. The highest BCUT2D eigenvalue weighted by Gasteiger charge is 2.11. The van der Waals surface area contributed by atoms with Gasteiger partial charge in [-0.25, -0.2) is 0 Å². The van der Waals surface area contributed by atoms with E-state index in [4.69, 9.17) is 11.6 Å². The van der Waals surface area contributed by atoms with Gasteiger partial charge in [0.15, 0.2) is 0 Å². The van der Waals surface area contributed by atoms with Crippen molar-refractivity contribution in [1.29, 1.82) is 0 Å². The molecular weight excluding hydrogens is 196 g/mol. The molecule has 0 saturated heterocycles. The van der Waals surface area contributed by atoms with Crippen molar-refractivity contribution in [3.05, 3.63) is 30.3 Å². The molecule has 0 amide bonds. The third-order valence-electron chi connectivity index (χ3n) is 2.13. The van der Waals surface area contributed by atoms with Gasteiger partial charge < -0.3 is 0 Å². The van der Waals surface area contributed by atoms with Crippen LogP contribution in [0.25, 0.3) is 0 Å². The van der Waals surface area contributed by atoms with E-state index in [0.29, 0.717) is 0 Å². The number of benzene rings is 1. The van der Waals surface area contributed by atoms with Crippen LogP contribution in [0.1, 0.15) is 13.3 Å². The van der Waals surface area contributed by atoms with Crippen LogP contribution < -0.4 is 5.19 Å². The molecule has 0 nitrogen and oxygen atoms in total. The van der Waals surface area contributed by atoms with Gasteiger partial charge in [-0.2, -0.15) is 0 Å². The maximum Gasteiger partial charge on any atom is 0.0868 e. The van der Waals surface area contributed by atoms with Gasteiger partial charge in [0, 0.05) is 5.88 Å². The molecule has 0 aromatic heterocycles. The van der Waals surface area contributed by atoms with Crippen molar-refractivity contribution in [1.82, 2.24) is 0 Å². The van der Waals surface area contributed by atoms with Gasteiger partial charge in [0.05, 0.1) is 8.80 Å². The number of hydrogen-bond acceptors (Lipinski definition) is 0. The molecular formula is C11H16ClSi. The predicted octanol–water partition coefficient (Wildman–Crippen LogP) is 3.04. The monoisotopic (exact) mass is 211 g/mol. The summed E-state index contributed by atoms with van der Waals surface area (Å²) < 4.78 is 0. The molecule has 1 rings (SSSR count).